The van der Waals surface area contributed by atoms with Gasteiger partial charge in [0.25, 0.3) is 10.0 Å². The summed E-state index contributed by atoms with van der Waals surface area (Å²) in [5, 5.41) is 2.83. The van der Waals surface area contributed by atoms with Crippen LogP contribution >= 0.6 is 11.6 Å². The van der Waals surface area contributed by atoms with Crippen LogP contribution < -0.4 is 5.32 Å². The van der Waals surface area contributed by atoms with E-state index in [1.54, 1.807) is 0 Å². The Kier molecular flexibility index (Phi) is 16.0. The van der Waals surface area contributed by atoms with Gasteiger partial charge in [0, 0.05) is 30.6 Å². The summed E-state index contributed by atoms with van der Waals surface area (Å²) in [6.45, 7) is 4.48. The van der Waals surface area contributed by atoms with Crippen molar-refractivity contribution in [1.29, 1.82) is 0 Å². The van der Waals surface area contributed by atoms with E-state index in [9.17, 15) is 18.0 Å². The molecule has 0 heterocycles. The molecule has 0 atom stereocenters. The van der Waals surface area contributed by atoms with Crippen LogP contribution in [0.25, 0.3) is 0 Å². The van der Waals surface area contributed by atoms with Crippen LogP contribution in [0.3, 0.4) is 0 Å². The Bertz CT molecular complexity index is 874. The van der Waals surface area contributed by atoms with Crippen molar-refractivity contribution in [2.24, 2.45) is 0 Å². The minimum atomic E-state index is -4.18. The normalized spacial score (nSPS) is 11.4. The van der Waals surface area contributed by atoms with Gasteiger partial charge in [-0.1, -0.05) is 102 Å². The maximum absolute atomic E-state index is 13.0. The number of ketones is 1. The average Bonchev–Trinajstić information content (AvgIpc) is 2.84. The number of hydrogen-bond acceptors (Lipinski definition) is 4. The predicted octanol–water partition coefficient (Wildman–Crippen LogP) is 7.74. The fourth-order valence-corrected chi connectivity index (χ4v) is 5.42. The number of carbonyl (C=O) groups excluding carboxylic acids is 2. The van der Waals surface area contributed by atoms with Crippen molar-refractivity contribution in [2.75, 3.05) is 13.6 Å². The highest BCUT2D eigenvalue weighted by Crippen LogP contribution is 2.25. The Morgan fingerprint density at radius 2 is 1.34 bits per heavy atom. The summed E-state index contributed by atoms with van der Waals surface area (Å²) >= 11 is 6.07. The van der Waals surface area contributed by atoms with Crippen LogP contribution in [0.15, 0.2) is 23.1 Å². The third-order valence-corrected chi connectivity index (χ3v) is 8.23. The van der Waals surface area contributed by atoms with Crippen molar-refractivity contribution in [2.45, 2.75) is 115 Å². The van der Waals surface area contributed by atoms with Crippen LogP contribution in [0.5, 0.6) is 0 Å². The predicted molar refractivity (Wildman–Crippen MR) is 145 cm³/mol. The van der Waals surface area contributed by atoms with E-state index >= 15 is 0 Å². The summed E-state index contributed by atoms with van der Waals surface area (Å²) in [5.74, 6) is -0.267. The molecule has 35 heavy (non-hydrogen) atoms. The molecule has 0 aliphatic carbocycles. The zero-order valence-corrected chi connectivity index (χ0v) is 23.5. The Balaban J connectivity index is 2.48. The van der Waals surface area contributed by atoms with Gasteiger partial charge in [-0.25, -0.2) is 17.5 Å². The average molecular weight is 529 g/mol. The number of nitrogens with zero attached hydrogens (tertiary/aromatic N) is 1. The lowest BCUT2D eigenvalue weighted by Gasteiger charge is -2.20. The lowest BCUT2D eigenvalue weighted by molar-refractivity contribution is 0.0975. The molecule has 0 fully saturated rings. The maximum atomic E-state index is 13.0. The number of halogens is 1. The molecule has 1 aromatic rings. The standard InChI is InChI=1S/C27H45ClN2O4S/c1-4-6-7-8-9-10-11-12-13-14-15-16-17-18-25(31)24-22-23(28)19-20-26(24)35(33,34)30(3)27(32)29-21-5-2/h19-20,22H,4-18,21H2,1-3H3,(H,29,32). The molecule has 0 aliphatic heterocycles. The molecule has 0 aliphatic rings. The van der Waals surface area contributed by atoms with Crippen LogP contribution in [0, 0.1) is 0 Å². The van der Waals surface area contributed by atoms with Gasteiger partial charge in [0.15, 0.2) is 5.78 Å². The minimum absolute atomic E-state index is 0.0478. The van der Waals surface area contributed by atoms with Gasteiger partial charge in [-0.05, 0) is 31.0 Å². The first kappa shape index (κ1) is 31.4. The third kappa shape index (κ3) is 11.8. The molecule has 0 saturated carbocycles. The Hall–Kier alpha value is -1.60. The lowest BCUT2D eigenvalue weighted by atomic mass is 10.0. The second kappa shape index (κ2) is 17.8. The molecule has 0 aromatic heterocycles. The molecule has 1 aromatic carbocycles. The van der Waals surface area contributed by atoms with Gasteiger partial charge in [-0.3, -0.25) is 4.79 Å². The van der Waals surface area contributed by atoms with Gasteiger partial charge in [-0.2, -0.15) is 0 Å². The quantitative estimate of drug-likeness (QED) is 0.147. The Morgan fingerprint density at radius 3 is 1.86 bits per heavy atom. The number of carbonyl (C=O) groups is 2. The molecule has 6 nitrogen and oxygen atoms in total. The van der Waals surface area contributed by atoms with Crippen LogP contribution in [-0.2, 0) is 10.0 Å². The summed E-state index contributed by atoms with van der Waals surface area (Å²) in [5.41, 5.74) is 0.0478. The molecule has 1 rings (SSSR count). The number of urea groups is 1. The minimum Gasteiger partial charge on any atom is -0.337 e. The van der Waals surface area contributed by atoms with Crippen LogP contribution in [0.2, 0.25) is 5.02 Å². The van der Waals surface area contributed by atoms with Crippen molar-refractivity contribution in [3.63, 3.8) is 0 Å². The molecule has 0 saturated heterocycles. The van der Waals surface area contributed by atoms with E-state index < -0.39 is 16.1 Å². The summed E-state index contributed by atoms with van der Waals surface area (Å²) in [6.07, 6.45) is 16.7. The summed E-state index contributed by atoms with van der Waals surface area (Å²) in [7, 11) is -2.99. The first-order chi connectivity index (χ1) is 16.8. The number of benzene rings is 1. The van der Waals surface area contributed by atoms with E-state index in [2.05, 4.69) is 12.2 Å². The molecule has 0 radical (unpaired) electrons. The summed E-state index contributed by atoms with van der Waals surface area (Å²) in [4.78, 5) is 24.9. The molecule has 8 heteroatoms. The van der Waals surface area contributed by atoms with Crippen molar-refractivity contribution >= 4 is 33.4 Å². The van der Waals surface area contributed by atoms with E-state index in [1.165, 1.54) is 89.5 Å². The molecule has 200 valence electrons. The monoisotopic (exact) mass is 528 g/mol. The highest BCUT2D eigenvalue weighted by Gasteiger charge is 2.29. The van der Waals surface area contributed by atoms with Gasteiger partial charge >= 0.3 is 6.03 Å². The first-order valence-electron chi connectivity index (χ1n) is 13.3. The highest BCUT2D eigenvalue weighted by atomic mass is 35.5. The highest BCUT2D eigenvalue weighted by molar-refractivity contribution is 7.89. The fraction of sp³-hybridized carbons (Fsp3) is 0.704. The second-order valence-electron chi connectivity index (χ2n) is 9.26. The number of hydrogen-bond donors (Lipinski definition) is 1. The molecule has 2 amide bonds. The van der Waals surface area contributed by atoms with E-state index in [4.69, 9.17) is 11.6 Å². The molecular weight excluding hydrogens is 484 g/mol. The summed E-state index contributed by atoms with van der Waals surface area (Å²) in [6, 6.07) is 3.39. The SMILES string of the molecule is CCCCCCCCCCCCCCCC(=O)c1cc(Cl)ccc1S(=O)(=O)N(C)C(=O)NCCC. The van der Waals surface area contributed by atoms with Gasteiger partial charge in [0.05, 0.1) is 4.90 Å². The number of unbranched alkanes of at least 4 members (excludes halogenated alkanes) is 12. The third-order valence-electron chi connectivity index (χ3n) is 6.20. The Labute approximate surface area is 218 Å². The molecular formula is C27H45ClN2O4S. The van der Waals surface area contributed by atoms with E-state index in [1.807, 2.05) is 6.92 Å². The van der Waals surface area contributed by atoms with E-state index in [0.717, 1.165) is 12.8 Å². The van der Waals surface area contributed by atoms with Crippen molar-refractivity contribution in [1.82, 2.24) is 9.62 Å². The number of rotatable bonds is 19. The van der Waals surface area contributed by atoms with Crippen molar-refractivity contribution in [3.8, 4) is 0 Å². The topological polar surface area (TPSA) is 83.6 Å². The van der Waals surface area contributed by atoms with Gasteiger partial charge < -0.3 is 5.32 Å². The number of sulfonamides is 1. The maximum Gasteiger partial charge on any atom is 0.331 e. The largest absolute Gasteiger partial charge is 0.337 e. The van der Waals surface area contributed by atoms with Crippen LogP contribution in [0.1, 0.15) is 121 Å². The number of Topliss-reactive ketones (excluding diaryl/α,β-unsaturated/α-hetero) is 1. The van der Waals surface area contributed by atoms with Gasteiger partial charge in [-0.15, -0.1) is 0 Å². The molecule has 1 N–H and O–H groups in total. The second-order valence-corrected chi connectivity index (χ2v) is 11.6. The zero-order valence-electron chi connectivity index (χ0n) is 21.9. The lowest BCUT2D eigenvalue weighted by Crippen LogP contribution is -2.41. The zero-order chi connectivity index (χ0) is 26.1. The smallest absolute Gasteiger partial charge is 0.331 e. The number of amides is 2. The van der Waals surface area contributed by atoms with E-state index in [0.29, 0.717) is 23.7 Å². The van der Waals surface area contributed by atoms with Gasteiger partial charge in [0.2, 0.25) is 0 Å². The van der Waals surface area contributed by atoms with Crippen LogP contribution in [0.4, 0.5) is 4.79 Å². The molecule has 0 bridgehead atoms. The van der Waals surface area contributed by atoms with Crippen LogP contribution in [-0.4, -0.2) is 38.1 Å². The molecule has 0 spiro atoms. The number of nitrogens with one attached hydrogen (secondary N) is 1. The Morgan fingerprint density at radius 1 is 0.829 bits per heavy atom. The van der Waals surface area contributed by atoms with Crippen molar-refractivity contribution < 1.29 is 18.0 Å². The summed E-state index contributed by atoms with van der Waals surface area (Å²) < 4.78 is 26.7. The van der Waals surface area contributed by atoms with E-state index in [-0.39, 0.29) is 27.7 Å². The first-order valence-corrected chi connectivity index (χ1v) is 15.2. The van der Waals surface area contributed by atoms with Gasteiger partial charge in [0.1, 0.15) is 0 Å². The molecule has 0 unspecified atom stereocenters. The fourth-order valence-electron chi connectivity index (χ4n) is 3.98. The van der Waals surface area contributed by atoms with Crippen molar-refractivity contribution in [3.05, 3.63) is 28.8 Å².